The molecule has 2 N–H and O–H groups in total. The smallest absolute Gasteiger partial charge is 0.325 e. The fraction of sp³-hybridized carbons (Fsp3) is 0.364. The van der Waals surface area contributed by atoms with Gasteiger partial charge in [0.05, 0.1) is 13.7 Å². The number of carbonyl (C=O) groups is 2. The van der Waals surface area contributed by atoms with Gasteiger partial charge in [-0.2, -0.15) is 0 Å². The van der Waals surface area contributed by atoms with Crippen LogP contribution in [0.2, 0.25) is 0 Å². The molecule has 0 aliphatic carbocycles. The van der Waals surface area contributed by atoms with E-state index in [0.717, 1.165) is 16.0 Å². The average Bonchev–Trinajstić information content (AvgIpc) is 2.91. The molecule has 2 atom stereocenters. The zero-order valence-electron chi connectivity index (χ0n) is 17.1. The maximum absolute atomic E-state index is 13.0. The molecular formula is C22H26N2O5. The van der Waals surface area contributed by atoms with Gasteiger partial charge in [-0.15, -0.1) is 0 Å². The topological polar surface area (TPSA) is 88.1 Å². The summed E-state index contributed by atoms with van der Waals surface area (Å²) in [6.07, 6.45) is -1.02. The predicted octanol–water partition coefficient (Wildman–Crippen LogP) is 2.52. The average molecular weight is 398 g/mol. The Morgan fingerprint density at radius 3 is 2.62 bits per heavy atom. The molecule has 0 radical (unpaired) electrons. The molecule has 0 bridgehead atoms. The van der Waals surface area contributed by atoms with Crippen molar-refractivity contribution in [1.29, 1.82) is 0 Å². The van der Waals surface area contributed by atoms with E-state index in [0.29, 0.717) is 17.1 Å². The predicted molar refractivity (Wildman–Crippen MR) is 108 cm³/mol. The summed E-state index contributed by atoms with van der Waals surface area (Å²) in [7, 11) is 1.54. The Morgan fingerprint density at radius 2 is 1.93 bits per heavy atom. The lowest BCUT2D eigenvalue weighted by Gasteiger charge is -2.23. The van der Waals surface area contributed by atoms with Crippen LogP contribution in [0.5, 0.6) is 11.5 Å². The SMILES string of the molecule is COc1cccc([C@]2(C)NC(=O)N(C[C@@H](O)COc3ccc(C)cc3C)C2=O)c1. The molecular weight excluding hydrogens is 372 g/mol. The Balaban J connectivity index is 1.67. The molecule has 3 amide bonds. The van der Waals surface area contributed by atoms with E-state index in [1.54, 1.807) is 31.2 Å². The number of aliphatic hydroxyl groups is 1. The highest BCUT2D eigenvalue weighted by Gasteiger charge is 2.49. The van der Waals surface area contributed by atoms with Crippen molar-refractivity contribution in [3.05, 3.63) is 59.2 Å². The number of methoxy groups -OCH3 is 1. The van der Waals surface area contributed by atoms with E-state index >= 15 is 0 Å². The summed E-state index contributed by atoms with van der Waals surface area (Å²) in [6.45, 7) is 5.36. The minimum absolute atomic E-state index is 0.0309. The molecule has 154 valence electrons. The van der Waals surface area contributed by atoms with E-state index in [2.05, 4.69) is 5.32 Å². The van der Waals surface area contributed by atoms with E-state index in [1.165, 1.54) is 7.11 Å². The van der Waals surface area contributed by atoms with Crippen LogP contribution in [0.25, 0.3) is 0 Å². The molecule has 2 aromatic carbocycles. The first-order valence-electron chi connectivity index (χ1n) is 9.41. The number of aryl methyl sites for hydroxylation is 2. The Kier molecular flexibility index (Phi) is 5.79. The van der Waals surface area contributed by atoms with E-state index in [9.17, 15) is 14.7 Å². The molecule has 0 saturated carbocycles. The van der Waals surface area contributed by atoms with Crippen LogP contribution in [0.4, 0.5) is 4.79 Å². The van der Waals surface area contributed by atoms with Crippen molar-refractivity contribution >= 4 is 11.9 Å². The number of nitrogens with one attached hydrogen (secondary N) is 1. The second-order valence-electron chi connectivity index (χ2n) is 7.44. The number of β-amino-alcohol motifs (C(OH)–C–C–N with tert-alkyl or cyclic N) is 1. The van der Waals surface area contributed by atoms with E-state index in [-0.39, 0.29) is 13.2 Å². The Morgan fingerprint density at radius 1 is 1.17 bits per heavy atom. The van der Waals surface area contributed by atoms with Crippen molar-refractivity contribution in [2.45, 2.75) is 32.4 Å². The minimum atomic E-state index is -1.22. The van der Waals surface area contributed by atoms with E-state index < -0.39 is 23.6 Å². The Bertz CT molecular complexity index is 929. The van der Waals surface area contributed by atoms with Gasteiger partial charge in [0.15, 0.2) is 0 Å². The van der Waals surface area contributed by atoms with Gasteiger partial charge in [0.25, 0.3) is 5.91 Å². The number of amides is 3. The third kappa shape index (κ3) is 4.19. The number of carbonyl (C=O) groups excluding carboxylic acids is 2. The molecule has 2 aromatic rings. The molecule has 1 aliphatic rings. The Labute approximate surface area is 170 Å². The zero-order valence-corrected chi connectivity index (χ0v) is 17.1. The van der Waals surface area contributed by atoms with Gasteiger partial charge in [0.2, 0.25) is 0 Å². The van der Waals surface area contributed by atoms with Crippen LogP contribution in [0.15, 0.2) is 42.5 Å². The van der Waals surface area contributed by atoms with Gasteiger partial charge >= 0.3 is 6.03 Å². The molecule has 1 heterocycles. The molecule has 0 spiro atoms. The van der Waals surface area contributed by atoms with Gasteiger partial charge in [-0.25, -0.2) is 4.79 Å². The van der Waals surface area contributed by atoms with Crippen LogP contribution in [-0.2, 0) is 10.3 Å². The zero-order chi connectivity index (χ0) is 21.2. The number of hydrogen-bond acceptors (Lipinski definition) is 5. The number of benzene rings is 2. The fourth-order valence-corrected chi connectivity index (χ4v) is 3.40. The highest BCUT2D eigenvalue weighted by atomic mass is 16.5. The largest absolute Gasteiger partial charge is 0.497 e. The lowest BCUT2D eigenvalue weighted by Crippen LogP contribution is -2.42. The van der Waals surface area contributed by atoms with Crippen LogP contribution < -0.4 is 14.8 Å². The summed E-state index contributed by atoms with van der Waals surface area (Å²) < 4.78 is 10.9. The lowest BCUT2D eigenvalue weighted by molar-refractivity contribution is -0.132. The normalized spacial score (nSPS) is 19.8. The fourth-order valence-electron chi connectivity index (χ4n) is 3.40. The standard InChI is InChI=1S/C22H26N2O5/c1-14-8-9-19(15(2)10-14)29-13-17(25)12-24-20(26)22(3,23-21(24)27)16-6-5-7-18(11-16)28-4/h5-11,17,25H,12-13H2,1-4H3,(H,23,27)/t17-,22+/m1/s1. The monoisotopic (exact) mass is 398 g/mol. The first-order valence-corrected chi connectivity index (χ1v) is 9.41. The molecule has 0 aromatic heterocycles. The lowest BCUT2D eigenvalue weighted by atomic mass is 9.92. The van der Waals surface area contributed by atoms with Crippen LogP contribution in [-0.4, -0.2) is 48.3 Å². The summed E-state index contributed by atoms with van der Waals surface area (Å²) in [5.74, 6) is 0.820. The second kappa shape index (κ2) is 8.13. The maximum atomic E-state index is 13.0. The molecule has 3 rings (SSSR count). The number of hydrogen-bond donors (Lipinski definition) is 2. The number of imide groups is 1. The highest BCUT2D eigenvalue weighted by Crippen LogP contribution is 2.31. The summed E-state index contributed by atoms with van der Waals surface area (Å²) in [4.78, 5) is 26.5. The first kappa shape index (κ1) is 20.7. The molecule has 29 heavy (non-hydrogen) atoms. The van der Waals surface area contributed by atoms with Gasteiger partial charge in [-0.1, -0.05) is 29.8 Å². The highest BCUT2D eigenvalue weighted by molar-refractivity contribution is 6.07. The van der Waals surface area contributed by atoms with Gasteiger partial charge in [0.1, 0.15) is 29.7 Å². The molecule has 1 aliphatic heterocycles. The van der Waals surface area contributed by atoms with Crippen molar-refractivity contribution in [1.82, 2.24) is 10.2 Å². The van der Waals surface area contributed by atoms with Gasteiger partial charge in [-0.3, -0.25) is 9.69 Å². The number of aliphatic hydroxyl groups excluding tert-OH is 1. The quantitative estimate of drug-likeness (QED) is 0.700. The Hall–Kier alpha value is -3.06. The van der Waals surface area contributed by atoms with Crippen LogP contribution in [0.3, 0.4) is 0 Å². The number of nitrogens with zero attached hydrogens (tertiary/aromatic N) is 1. The summed E-state index contributed by atoms with van der Waals surface area (Å²) in [5, 5.41) is 13.1. The van der Waals surface area contributed by atoms with Gasteiger partial charge < -0.3 is 19.9 Å². The van der Waals surface area contributed by atoms with E-state index in [1.807, 2.05) is 32.0 Å². The number of rotatable bonds is 7. The summed E-state index contributed by atoms with van der Waals surface area (Å²) in [5.41, 5.74) is 1.46. The van der Waals surface area contributed by atoms with Crippen LogP contribution in [0, 0.1) is 13.8 Å². The molecule has 1 saturated heterocycles. The summed E-state index contributed by atoms with van der Waals surface area (Å²) in [6, 6.07) is 12.2. The molecule has 1 fully saturated rings. The number of urea groups is 1. The maximum Gasteiger partial charge on any atom is 0.325 e. The van der Waals surface area contributed by atoms with Crippen LogP contribution in [0.1, 0.15) is 23.6 Å². The third-order valence-electron chi connectivity index (χ3n) is 5.08. The minimum Gasteiger partial charge on any atom is -0.497 e. The van der Waals surface area contributed by atoms with Crippen molar-refractivity contribution < 1.29 is 24.2 Å². The summed E-state index contributed by atoms with van der Waals surface area (Å²) >= 11 is 0. The van der Waals surface area contributed by atoms with Gasteiger partial charge in [-0.05, 0) is 50.1 Å². The third-order valence-corrected chi connectivity index (χ3v) is 5.08. The van der Waals surface area contributed by atoms with Crippen molar-refractivity contribution in [3.63, 3.8) is 0 Å². The number of ether oxygens (including phenoxy) is 2. The van der Waals surface area contributed by atoms with Crippen LogP contribution >= 0.6 is 0 Å². The van der Waals surface area contributed by atoms with Crippen molar-refractivity contribution in [3.8, 4) is 11.5 Å². The molecule has 7 nitrogen and oxygen atoms in total. The van der Waals surface area contributed by atoms with Gasteiger partial charge in [0, 0.05) is 0 Å². The molecule has 0 unspecified atom stereocenters. The molecule has 7 heteroatoms. The van der Waals surface area contributed by atoms with Crippen molar-refractivity contribution in [2.24, 2.45) is 0 Å². The first-order chi connectivity index (χ1) is 13.7. The second-order valence-corrected chi connectivity index (χ2v) is 7.44. The van der Waals surface area contributed by atoms with E-state index in [4.69, 9.17) is 9.47 Å². The van der Waals surface area contributed by atoms with Crippen molar-refractivity contribution in [2.75, 3.05) is 20.3 Å².